The summed E-state index contributed by atoms with van der Waals surface area (Å²) >= 11 is 0. The van der Waals surface area contributed by atoms with Gasteiger partial charge < -0.3 is 5.32 Å². The maximum absolute atomic E-state index is 12.2. The van der Waals surface area contributed by atoms with E-state index in [0.717, 1.165) is 0 Å². The van der Waals surface area contributed by atoms with Crippen molar-refractivity contribution in [2.75, 3.05) is 4.72 Å². The zero-order valence-electron chi connectivity index (χ0n) is 10.0. The second kappa shape index (κ2) is 4.97. The molecule has 1 amide bonds. The number of rotatable bonds is 4. The molecule has 1 aliphatic carbocycles. The number of alkyl halides is 3. The van der Waals surface area contributed by atoms with Crippen LogP contribution in [0.5, 0.6) is 0 Å². The molecule has 1 aliphatic rings. The van der Waals surface area contributed by atoms with Gasteiger partial charge in [-0.2, -0.15) is 13.2 Å². The van der Waals surface area contributed by atoms with E-state index in [1.165, 1.54) is 24.3 Å². The molecule has 5 nitrogen and oxygen atoms in total. The summed E-state index contributed by atoms with van der Waals surface area (Å²) in [6.45, 7) is 0. The molecule has 20 heavy (non-hydrogen) atoms. The fourth-order valence-electron chi connectivity index (χ4n) is 1.87. The molecule has 0 radical (unpaired) electrons. The van der Waals surface area contributed by atoms with Crippen molar-refractivity contribution in [3.05, 3.63) is 29.8 Å². The van der Waals surface area contributed by atoms with Crippen molar-refractivity contribution < 1.29 is 26.4 Å². The van der Waals surface area contributed by atoms with E-state index in [2.05, 4.69) is 4.72 Å². The molecule has 2 N–H and O–H groups in total. The van der Waals surface area contributed by atoms with E-state index in [-0.39, 0.29) is 0 Å². The molecule has 0 aliphatic heterocycles. The minimum Gasteiger partial charge on any atom is -0.339 e. The van der Waals surface area contributed by atoms with Crippen LogP contribution in [0.1, 0.15) is 18.4 Å². The number of benzene rings is 1. The van der Waals surface area contributed by atoms with Crippen LogP contribution in [0.4, 0.5) is 18.9 Å². The third-order valence-electron chi connectivity index (χ3n) is 3.02. The van der Waals surface area contributed by atoms with Gasteiger partial charge in [0.05, 0.1) is 5.54 Å². The molecule has 0 saturated heterocycles. The standard InChI is InChI=1S/C11H11F3N2O3S/c12-11(13,14)9(17)15-10(5-6-10)7-1-3-8(4-2-7)16-20(18)19/h1-4,20H,5-6H2,(H,15,17)(H,16,18,19). The van der Waals surface area contributed by atoms with Crippen molar-refractivity contribution in [2.24, 2.45) is 0 Å². The van der Waals surface area contributed by atoms with Crippen molar-refractivity contribution in [1.82, 2.24) is 5.32 Å². The van der Waals surface area contributed by atoms with E-state index in [4.69, 9.17) is 0 Å². The SMILES string of the molecule is O=C(NC1(c2ccc(N[SH](=O)=O)cc2)CC1)C(F)(F)F. The first-order valence-electron chi connectivity index (χ1n) is 5.64. The van der Waals surface area contributed by atoms with E-state index in [9.17, 15) is 26.4 Å². The lowest BCUT2D eigenvalue weighted by Crippen LogP contribution is -2.43. The first-order chi connectivity index (χ1) is 9.23. The molecule has 0 spiro atoms. The van der Waals surface area contributed by atoms with E-state index < -0.39 is 28.5 Å². The van der Waals surface area contributed by atoms with E-state index in [1.54, 1.807) is 0 Å². The van der Waals surface area contributed by atoms with Crippen LogP contribution in [0.15, 0.2) is 24.3 Å². The fourth-order valence-corrected chi connectivity index (χ4v) is 2.23. The lowest BCUT2D eigenvalue weighted by Gasteiger charge is -2.19. The Balaban J connectivity index is 2.13. The van der Waals surface area contributed by atoms with Gasteiger partial charge in [-0.15, -0.1) is 0 Å². The summed E-state index contributed by atoms with van der Waals surface area (Å²) in [5, 5.41) is 1.98. The van der Waals surface area contributed by atoms with Gasteiger partial charge in [0.25, 0.3) is 0 Å². The molecule has 1 aromatic carbocycles. The van der Waals surface area contributed by atoms with Crippen LogP contribution in [0.2, 0.25) is 0 Å². The van der Waals surface area contributed by atoms with Gasteiger partial charge in [0, 0.05) is 5.69 Å². The zero-order valence-corrected chi connectivity index (χ0v) is 10.9. The Kier molecular flexibility index (Phi) is 3.63. The Morgan fingerprint density at radius 2 is 1.70 bits per heavy atom. The van der Waals surface area contributed by atoms with E-state index in [1.807, 2.05) is 5.32 Å². The van der Waals surface area contributed by atoms with Gasteiger partial charge in [-0.3, -0.25) is 9.52 Å². The van der Waals surface area contributed by atoms with Crippen molar-refractivity contribution >= 4 is 22.5 Å². The summed E-state index contributed by atoms with van der Waals surface area (Å²) < 4.78 is 59.8. The van der Waals surface area contributed by atoms with E-state index in [0.29, 0.717) is 24.1 Å². The highest BCUT2D eigenvalue weighted by Crippen LogP contribution is 2.46. The number of halogens is 3. The van der Waals surface area contributed by atoms with Crippen molar-refractivity contribution in [1.29, 1.82) is 0 Å². The molecule has 1 aromatic rings. The summed E-state index contributed by atoms with van der Waals surface area (Å²) in [5.74, 6) is -1.97. The normalized spacial score (nSPS) is 16.8. The average Bonchev–Trinajstić information content (AvgIpc) is 3.09. The largest absolute Gasteiger partial charge is 0.471 e. The van der Waals surface area contributed by atoms with Gasteiger partial charge in [0.1, 0.15) is 0 Å². The predicted molar refractivity (Wildman–Crippen MR) is 65.5 cm³/mol. The molecular weight excluding hydrogens is 297 g/mol. The van der Waals surface area contributed by atoms with Crippen LogP contribution < -0.4 is 10.0 Å². The molecule has 9 heteroatoms. The van der Waals surface area contributed by atoms with Crippen LogP contribution in [-0.2, 0) is 21.2 Å². The van der Waals surface area contributed by atoms with Gasteiger partial charge in [-0.25, -0.2) is 8.42 Å². The second-order valence-electron chi connectivity index (χ2n) is 4.48. The molecule has 0 bridgehead atoms. The summed E-state index contributed by atoms with van der Waals surface area (Å²) in [4.78, 5) is 11.0. The number of anilines is 1. The first kappa shape index (κ1) is 14.6. The van der Waals surface area contributed by atoms with Crippen molar-refractivity contribution in [3.8, 4) is 0 Å². The minimum atomic E-state index is -4.92. The number of hydrogen-bond donors (Lipinski definition) is 3. The van der Waals surface area contributed by atoms with Crippen LogP contribution >= 0.6 is 0 Å². The Morgan fingerprint density at radius 3 is 2.10 bits per heavy atom. The minimum absolute atomic E-state index is 0.308. The summed E-state index contributed by atoms with van der Waals surface area (Å²) in [5.41, 5.74) is -0.172. The highest BCUT2D eigenvalue weighted by molar-refractivity contribution is 7.73. The highest BCUT2D eigenvalue weighted by Gasteiger charge is 2.50. The molecule has 1 fully saturated rings. The molecule has 0 aromatic heterocycles. The smallest absolute Gasteiger partial charge is 0.339 e. The Hall–Kier alpha value is -1.77. The predicted octanol–water partition coefficient (Wildman–Crippen LogP) is 1.29. The van der Waals surface area contributed by atoms with Gasteiger partial charge >= 0.3 is 12.1 Å². The Morgan fingerprint density at radius 1 is 1.15 bits per heavy atom. The number of carbonyl (C=O) groups excluding carboxylic acids is 1. The van der Waals surface area contributed by atoms with Crippen LogP contribution in [-0.4, -0.2) is 20.5 Å². The molecule has 1 saturated carbocycles. The van der Waals surface area contributed by atoms with Gasteiger partial charge in [-0.05, 0) is 30.5 Å². The van der Waals surface area contributed by atoms with Crippen LogP contribution in [0, 0.1) is 0 Å². The summed E-state index contributed by atoms with van der Waals surface area (Å²) in [7, 11) is -2.80. The quantitative estimate of drug-likeness (QED) is 0.734. The van der Waals surface area contributed by atoms with Gasteiger partial charge in [-0.1, -0.05) is 12.1 Å². The number of hydrogen-bond acceptors (Lipinski definition) is 3. The Labute approximate surface area is 114 Å². The van der Waals surface area contributed by atoms with Crippen molar-refractivity contribution in [3.63, 3.8) is 0 Å². The third kappa shape index (κ3) is 3.21. The second-order valence-corrected chi connectivity index (χ2v) is 5.22. The number of amides is 1. The summed E-state index contributed by atoms with van der Waals surface area (Å²) in [6.07, 6.45) is -4.09. The lowest BCUT2D eigenvalue weighted by atomic mass is 10.0. The highest BCUT2D eigenvalue weighted by atomic mass is 32.2. The third-order valence-corrected chi connectivity index (χ3v) is 3.46. The van der Waals surface area contributed by atoms with Gasteiger partial charge in [0.2, 0.25) is 10.9 Å². The maximum atomic E-state index is 12.2. The molecule has 0 heterocycles. The lowest BCUT2D eigenvalue weighted by molar-refractivity contribution is -0.174. The molecule has 110 valence electrons. The first-order valence-corrected chi connectivity index (χ1v) is 6.82. The molecule has 2 rings (SSSR count). The number of carbonyl (C=O) groups is 1. The zero-order chi connectivity index (χ0) is 15.0. The number of thiol groups is 1. The summed E-state index contributed by atoms with van der Waals surface area (Å²) in [6, 6.07) is 5.84. The topological polar surface area (TPSA) is 75.3 Å². The molecule has 0 atom stereocenters. The Bertz CT molecular complexity index is 584. The van der Waals surface area contributed by atoms with E-state index >= 15 is 0 Å². The van der Waals surface area contributed by atoms with Gasteiger partial charge in [0.15, 0.2) is 0 Å². The fraction of sp³-hybridized carbons (Fsp3) is 0.364. The molecule has 0 unspecified atom stereocenters. The molecular formula is C11H11F3N2O3S. The van der Waals surface area contributed by atoms with Crippen LogP contribution in [0.25, 0.3) is 0 Å². The number of nitrogens with one attached hydrogen (secondary N) is 2. The van der Waals surface area contributed by atoms with Crippen LogP contribution in [0.3, 0.4) is 0 Å². The van der Waals surface area contributed by atoms with Crippen molar-refractivity contribution in [2.45, 2.75) is 24.6 Å². The average molecular weight is 308 g/mol. The monoisotopic (exact) mass is 308 g/mol. The maximum Gasteiger partial charge on any atom is 0.471 e.